The van der Waals surface area contributed by atoms with Crippen molar-refractivity contribution in [3.8, 4) is 5.75 Å². The van der Waals surface area contributed by atoms with Crippen LogP contribution in [-0.4, -0.2) is 30.4 Å². The SMILES string of the molecule is CCCCN1C(=O)CCC(C(=O)OCc2cc(=O)oc3cc(C)ccc23)C1c1ccccc1OC. The van der Waals surface area contributed by atoms with Gasteiger partial charge in [0.05, 0.1) is 19.1 Å². The first-order valence-electron chi connectivity index (χ1n) is 12.0. The molecule has 1 aliphatic rings. The van der Waals surface area contributed by atoms with Gasteiger partial charge in [-0.15, -0.1) is 0 Å². The van der Waals surface area contributed by atoms with Crippen molar-refractivity contribution in [1.82, 2.24) is 4.90 Å². The zero-order chi connectivity index (χ0) is 24.9. The van der Waals surface area contributed by atoms with Gasteiger partial charge in [-0.1, -0.05) is 43.7 Å². The number of fused-ring (bicyclic) bond motifs is 1. The molecule has 3 aromatic rings. The van der Waals surface area contributed by atoms with Crippen molar-refractivity contribution in [3.05, 3.63) is 75.6 Å². The van der Waals surface area contributed by atoms with Crippen LogP contribution in [0.15, 0.2) is 57.7 Å². The Morgan fingerprint density at radius 2 is 1.94 bits per heavy atom. The van der Waals surface area contributed by atoms with Crippen molar-refractivity contribution >= 4 is 22.8 Å². The van der Waals surface area contributed by atoms with Crippen LogP contribution in [0.5, 0.6) is 5.75 Å². The maximum Gasteiger partial charge on any atom is 0.336 e. The van der Waals surface area contributed by atoms with Gasteiger partial charge in [0.15, 0.2) is 0 Å². The molecule has 4 rings (SSSR count). The molecule has 2 atom stereocenters. The number of para-hydroxylation sites is 1. The molecule has 2 heterocycles. The van der Waals surface area contributed by atoms with Gasteiger partial charge in [0.25, 0.3) is 0 Å². The Bertz CT molecular complexity index is 1280. The summed E-state index contributed by atoms with van der Waals surface area (Å²) in [6.45, 7) is 4.49. The highest BCUT2D eigenvalue weighted by Crippen LogP contribution is 2.41. The van der Waals surface area contributed by atoms with E-state index in [1.165, 1.54) is 6.07 Å². The van der Waals surface area contributed by atoms with Gasteiger partial charge in [-0.3, -0.25) is 9.59 Å². The highest BCUT2D eigenvalue weighted by Gasteiger charge is 2.42. The molecule has 1 aliphatic heterocycles. The van der Waals surface area contributed by atoms with Crippen molar-refractivity contribution in [2.24, 2.45) is 5.92 Å². The Balaban J connectivity index is 1.64. The van der Waals surface area contributed by atoms with Crippen LogP contribution in [0.25, 0.3) is 11.0 Å². The minimum atomic E-state index is -0.547. The highest BCUT2D eigenvalue weighted by atomic mass is 16.5. The monoisotopic (exact) mass is 477 g/mol. The van der Waals surface area contributed by atoms with E-state index in [2.05, 4.69) is 6.92 Å². The summed E-state index contributed by atoms with van der Waals surface area (Å²) in [7, 11) is 1.58. The molecule has 1 saturated heterocycles. The summed E-state index contributed by atoms with van der Waals surface area (Å²) in [4.78, 5) is 40.3. The first-order chi connectivity index (χ1) is 16.9. The van der Waals surface area contributed by atoms with Gasteiger partial charge >= 0.3 is 11.6 Å². The van der Waals surface area contributed by atoms with Crippen molar-refractivity contribution in [2.45, 2.75) is 52.2 Å². The summed E-state index contributed by atoms with van der Waals surface area (Å²) in [5, 5.41) is 0.729. The maximum atomic E-state index is 13.5. The average Bonchev–Trinajstić information content (AvgIpc) is 2.85. The molecule has 0 saturated carbocycles. The number of rotatable bonds is 8. The molecule has 2 aromatic carbocycles. The van der Waals surface area contributed by atoms with E-state index in [4.69, 9.17) is 13.9 Å². The number of methoxy groups -OCH3 is 1. The number of esters is 1. The third-order valence-corrected chi connectivity index (χ3v) is 6.57. The van der Waals surface area contributed by atoms with Crippen molar-refractivity contribution < 1.29 is 23.5 Å². The number of benzene rings is 2. The lowest BCUT2D eigenvalue weighted by Crippen LogP contribution is -2.46. The zero-order valence-corrected chi connectivity index (χ0v) is 20.4. The topological polar surface area (TPSA) is 86.0 Å². The van der Waals surface area contributed by atoms with Gasteiger partial charge in [0.1, 0.15) is 17.9 Å². The molecule has 1 fully saturated rings. The number of carbonyl (C=O) groups is 2. The van der Waals surface area contributed by atoms with Crippen LogP contribution < -0.4 is 10.4 Å². The molecule has 7 heteroatoms. The van der Waals surface area contributed by atoms with Crippen LogP contribution in [0.4, 0.5) is 0 Å². The summed E-state index contributed by atoms with van der Waals surface area (Å²) < 4.78 is 16.7. The number of nitrogens with zero attached hydrogens (tertiary/aromatic N) is 1. The largest absolute Gasteiger partial charge is 0.496 e. The second kappa shape index (κ2) is 10.8. The van der Waals surface area contributed by atoms with Gasteiger partial charge in [-0.05, 0) is 37.5 Å². The van der Waals surface area contributed by atoms with Crippen molar-refractivity contribution in [1.29, 1.82) is 0 Å². The van der Waals surface area contributed by atoms with Gasteiger partial charge in [0.2, 0.25) is 5.91 Å². The number of unbranched alkanes of at least 4 members (excludes halogenated alkanes) is 1. The highest BCUT2D eigenvalue weighted by molar-refractivity contribution is 5.83. The average molecular weight is 478 g/mol. The van der Waals surface area contributed by atoms with Crippen LogP contribution >= 0.6 is 0 Å². The van der Waals surface area contributed by atoms with Crippen LogP contribution in [0, 0.1) is 12.8 Å². The fourth-order valence-electron chi connectivity index (χ4n) is 4.80. The summed E-state index contributed by atoms with van der Waals surface area (Å²) in [5.41, 5.74) is 2.32. The number of ether oxygens (including phenoxy) is 2. The summed E-state index contributed by atoms with van der Waals surface area (Å²) in [5.74, 6) is -0.285. The molecule has 1 aromatic heterocycles. The third kappa shape index (κ3) is 5.24. The summed E-state index contributed by atoms with van der Waals surface area (Å²) in [6, 6.07) is 13.9. The summed E-state index contributed by atoms with van der Waals surface area (Å²) in [6.07, 6.45) is 2.44. The second-order valence-corrected chi connectivity index (χ2v) is 8.97. The second-order valence-electron chi connectivity index (χ2n) is 8.97. The fraction of sp³-hybridized carbons (Fsp3) is 0.393. The molecule has 184 valence electrons. The van der Waals surface area contributed by atoms with E-state index in [-0.39, 0.29) is 18.9 Å². The number of piperidine rings is 1. The number of amides is 1. The fourth-order valence-corrected chi connectivity index (χ4v) is 4.80. The molecular weight excluding hydrogens is 446 g/mol. The number of likely N-dealkylation sites (tertiary alicyclic amines) is 1. The lowest BCUT2D eigenvalue weighted by Gasteiger charge is -2.41. The van der Waals surface area contributed by atoms with Crippen molar-refractivity contribution in [2.75, 3.05) is 13.7 Å². The molecule has 0 radical (unpaired) electrons. The molecule has 0 bridgehead atoms. The van der Waals surface area contributed by atoms with Gasteiger partial charge in [-0.2, -0.15) is 0 Å². The van der Waals surface area contributed by atoms with Gasteiger partial charge < -0.3 is 18.8 Å². The lowest BCUT2D eigenvalue weighted by molar-refractivity contribution is -0.158. The van der Waals surface area contributed by atoms with E-state index in [1.54, 1.807) is 18.1 Å². The van der Waals surface area contributed by atoms with E-state index in [1.807, 2.05) is 43.3 Å². The Morgan fingerprint density at radius 3 is 2.71 bits per heavy atom. The zero-order valence-electron chi connectivity index (χ0n) is 20.4. The molecule has 0 aliphatic carbocycles. The maximum absolute atomic E-state index is 13.5. The van der Waals surface area contributed by atoms with E-state index in [9.17, 15) is 14.4 Å². The Kier molecular flexibility index (Phi) is 7.54. The first-order valence-corrected chi connectivity index (χ1v) is 12.0. The van der Waals surface area contributed by atoms with Gasteiger partial charge in [0, 0.05) is 35.5 Å². The smallest absolute Gasteiger partial charge is 0.336 e. The Morgan fingerprint density at radius 1 is 1.14 bits per heavy atom. The molecule has 1 amide bonds. The van der Waals surface area contributed by atoms with E-state index in [0.29, 0.717) is 29.9 Å². The molecule has 0 spiro atoms. The standard InChI is InChI=1S/C28H31NO6/c1-4-5-14-29-25(30)13-12-22(27(29)21-8-6-7-9-23(21)33-3)28(32)34-17-19-16-26(31)35-24-15-18(2)10-11-20(19)24/h6-11,15-16,22,27H,4-5,12-14,17H2,1-3H3. The van der Waals surface area contributed by atoms with E-state index < -0.39 is 23.6 Å². The predicted molar refractivity (Wildman–Crippen MR) is 132 cm³/mol. The normalized spacial score (nSPS) is 18.0. The van der Waals surface area contributed by atoms with Crippen LogP contribution in [0.1, 0.15) is 55.3 Å². The first kappa shape index (κ1) is 24.5. The number of aryl methyl sites for hydroxylation is 1. The number of hydrogen-bond acceptors (Lipinski definition) is 6. The van der Waals surface area contributed by atoms with Crippen LogP contribution in [-0.2, 0) is 20.9 Å². The van der Waals surface area contributed by atoms with Crippen LogP contribution in [0.3, 0.4) is 0 Å². The van der Waals surface area contributed by atoms with E-state index >= 15 is 0 Å². The minimum Gasteiger partial charge on any atom is -0.496 e. The molecule has 0 N–H and O–H groups in total. The molecule has 35 heavy (non-hydrogen) atoms. The van der Waals surface area contributed by atoms with Crippen LogP contribution in [0.2, 0.25) is 0 Å². The Labute approximate surface area is 204 Å². The quantitative estimate of drug-likeness (QED) is 0.338. The molecule has 7 nitrogen and oxygen atoms in total. The van der Waals surface area contributed by atoms with Crippen molar-refractivity contribution in [3.63, 3.8) is 0 Å². The minimum absolute atomic E-state index is 0.0282. The molecular formula is C28H31NO6. The third-order valence-electron chi connectivity index (χ3n) is 6.57. The van der Waals surface area contributed by atoms with E-state index in [0.717, 1.165) is 29.4 Å². The summed E-state index contributed by atoms with van der Waals surface area (Å²) >= 11 is 0. The number of carbonyl (C=O) groups excluding carboxylic acids is 2. The number of hydrogen-bond donors (Lipinski definition) is 0. The Hall–Kier alpha value is -3.61. The molecule has 2 unspecified atom stereocenters. The predicted octanol–water partition coefficient (Wildman–Crippen LogP) is 4.93. The lowest BCUT2D eigenvalue weighted by atomic mass is 9.83. The van der Waals surface area contributed by atoms with Gasteiger partial charge in [-0.25, -0.2) is 4.79 Å².